The number of hydrogen-bond acceptors (Lipinski definition) is 8. The van der Waals surface area contributed by atoms with Crippen molar-refractivity contribution in [2.75, 3.05) is 54.2 Å². The summed E-state index contributed by atoms with van der Waals surface area (Å²) in [6.45, 7) is 8.57. The number of thioether (sulfide) groups is 3. The monoisotopic (exact) mass is 1250 g/mol. The fourth-order valence-electron chi connectivity index (χ4n) is 11.7. The summed E-state index contributed by atoms with van der Waals surface area (Å²) < 4.78 is 0. The van der Waals surface area contributed by atoms with Crippen LogP contribution in [0.5, 0.6) is 0 Å². The molecule has 0 saturated carbocycles. The number of amides is 3. The number of nitrogens with one attached hydrogen (secondary N) is 3. The highest BCUT2D eigenvalue weighted by molar-refractivity contribution is 7.99. The van der Waals surface area contributed by atoms with Crippen molar-refractivity contribution in [2.24, 2.45) is 0 Å². The molecule has 0 aliphatic carbocycles. The van der Waals surface area contributed by atoms with Crippen LogP contribution < -0.4 is 16.0 Å². The van der Waals surface area contributed by atoms with Gasteiger partial charge in [-0.2, -0.15) is 35.3 Å². The summed E-state index contributed by atoms with van der Waals surface area (Å²) in [6, 6.07) is 0. The summed E-state index contributed by atoms with van der Waals surface area (Å²) in [5.41, 5.74) is -1.52. The first kappa shape index (κ1) is 83.9. The fraction of sp³-hybridized carbons (Fsp3) is 0.959. The molecule has 0 radical (unpaired) electrons. The van der Waals surface area contributed by atoms with Crippen molar-refractivity contribution in [3.63, 3.8) is 0 Å². The van der Waals surface area contributed by atoms with Gasteiger partial charge in [0.1, 0.15) is 0 Å². The lowest BCUT2D eigenvalue weighted by atomic mass is 9.84. The predicted octanol–water partition coefficient (Wildman–Crippen LogP) is 22.8. The van der Waals surface area contributed by atoms with Gasteiger partial charge in [-0.15, -0.1) is 0 Å². The van der Waals surface area contributed by atoms with E-state index in [0.29, 0.717) is 19.6 Å². The molecule has 3 amide bonds. The van der Waals surface area contributed by atoms with Gasteiger partial charge in [-0.3, -0.25) is 24.5 Å². The van der Waals surface area contributed by atoms with Crippen molar-refractivity contribution in [3.05, 3.63) is 10.1 Å². The zero-order valence-electron chi connectivity index (χ0n) is 56.9. The second kappa shape index (κ2) is 70.3. The highest BCUT2D eigenvalue weighted by atomic mass is 32.2. The number of carbonyl (C=O) groups is 3. The standard InChI is InChI=1S/C73H144N4O5S3/c1-4-7-10-13-16-31-40-49-64-83-67-52-43-34-25-19-22-28-37-46-61-74-70(78)55-58-73(77(81)82,59-56-71(79)75-62-47-38-29-23-20-26-35-44-53-68-84-65-50-41-32-17-14-11-8-5-2)60-57-72(80)76-63-48-39-30-24-21-27-36-45-54-69-85-66-51-42-33-18-15-12-9-6-3/h4-69H2,1-3H3,(H,74,78)(H,75,79)(H,76,80). The van der Waals surface area contributed by atoms with Gasteiger partial charge in [0, 0.05) is 63.1 Å². The average molecular weight is 1250 g/mol. The van der Waals surface area contributed by atoms with E-state index in [2.05, 4.69) is 72.0 Å². The molecule has 0 aromatic heterocycles. The number of nitrogens with zero attached hydrogens (tertiary/aromatic N) is 1. The molecular weight excluding hydrogens is 1110 g/mol. The minimum absolute atomic E-state index is 0.0128. The molecule has 0 atom stereocenters. The van der Waals surface area contributed by atoms with Crippen molar-refractivity contribution in [1.29, 1.82) is 0 Å². The summed E-state index contributed by atoms with van der Waals surface area (Å²) in [6.07, 6.45) is 66.5. The van der Waals surface area contributed by atoms with E-state index in [9.17, 15) is 24.5 Å². The van der Waals surface area contributed by atoms with Crippen LogP contribution in [-0.2, 0) is 14.4 Å². The summed E-state index contributed by atoms with van der Waals surface area (Å²) in [5, 5.41) is 22.0. The molecule has 0 aromatic rings. The minimum atomic E-state index is -1.52. The first-order valence-electron chi connectivity index (χ1n) is 37.5. The minimum Gasteiger partial charge on any atom is -0.356 e. The Kier molecular flexibility index (Phi) is 69.4. The zero-order chi connectivity index (χ0) is 61.7. The van der Waals surface area contributed by atoms with Crippen molar-refractivity contribution >= 4 is 53.0 Å². The molecule has 0 fully saturated rings. The highest BCUT2D eigenvalue weighted by Crippen LogP contribution is 2.30. The molecule has 85 heavy (non-hydrogen) atoms. The Morgan fingerprint density at radius 2 is 0.447 bits per heavy atom. The number of rotatable bonds is 73. The number of carbonyl (C=O) groups excluding carboxylic acids is 3. The Morgan fingerprint density at radius 1 is 0.282 bits per heavy atom. The Morgan fingerprint density at radius 3 is 0.624 bits per heavy atom. The van der Waals surface area contributed by atoms with Gasteiger partial charge in [0.2, 0.25) is 23.3 Å². The first-order valence-corrected chi connectivity index (χ1v) is 41.0. The first-order chi connectivity index (χ1) is 41.8. The van der Waals surface area contributed by atoms with Gasteiger partial charge in [-0.1, -0.05) is 290 Å². The van der Waals surface area contributed by atoms with Crippen LogP contribution in [0.4, 0.5) is 0 Å². The third kappa shape index (κ3) is 64.2. The van der Waals surface area contributed by atoms with Crippen LogP contribution in [0.15, 0.2) is 0 Å². The fourth-order valence-corrected chi connectivity index (χ4v) is 14.7. The largest absolute Gasteiger partial charge is 0.356 e. The topological polar surface area (TPSA) is 130 Å². The van der Waals surface area contributed by atoms with E-state index >= 15 is 0 Å². The molecule has 0 unspecified atom stereocenters. The number of unbranched alkanes of at least 4 members (excludes halogenated alkanes) is 45. The number of nitro groups is 1. The maximum atomic E-state index is 13.1. The van der Waals surface area contributed by atoms with Crippen molar-refractivity contribution in [1.82, 2.24) is 16.0 Å². The highest BCUT2D eigenvalue weighted by Gasteiger charge is 2.43. The third-order valence-electron chi connectivity index (χ3n) is 17.6. The van der Waals surface area contributed by atoms with E-state index in [1.165, 1.54) is 304 Å². The van der Waals surface area contributed by atoms with E-state index in [0.717, 1.165) is 57.8 Å². The summed E-state index contributed by atoms with van der Waals surface area (Å²) in [7, 11) is 0. The summed E-state index contributed by atoms with van der Waals surface area (Å²) in [5.74, 6) is 7.35. The van der Waals surface area contributed by atoms with E-state index < -0.39 is 5.54 Å². The molecule has 504 valence electrons. The molecule has 9 nitrogen and oxygen atoms in total. The molecule has 0 bridgehead atoms. The molecule has 3 N–H and O–H groups in total. The zero-order valence-corrected chi connectivity index (χ0v) is 59.3. The summed E-state index contributed by atoms with van der Waals surface area (Å²) in [4.78, 5) is 52.0. The predicted molar refractivity (Wildman–Crippen MR) is 381 cm³/mol. The van der Waals surface area contributed by atoms with Crippen LogP contribution in [0, 0.1) is 10.1 Å². The van der Waals surface area contributed by atoms with E-state index in [1.807, 2.05) is 0 Å². The van der Waals surface area contributed by atoms with Gasteiger partial charge in [-0.05, 0) is 92.3 Å². The molecule has 0 aromatic carbocycles. The maximum Gasteiger partial charge on any atom is 0.223 e. The van der Waals surface area contributed by atoms with Gasteiger partial charge in [0.15, 0.2) is 0 Å². The molecule has 0 heterocycles. The lowest BCUT2D eigenvalue weighted by Gasteiger charge is -2.25. The van der Waals surface area contributed by atoms with E-state index in [-0.39, 0.29) is 61.2 Å². The molecule has 0 saturated heterocycles. The van der Waals surface area contributed by atoms with Crippen molar-refractivity contribution < 1.29 is 19.3 Å². The maximum absolute atomic E-state index is 13.1. The van der Waals surface area contributed by atoms with Gasteiger partial charge < -0.3 is 16.0 Å². The van der Waals surface area contributed by atoms with Gasteiger partial charge in [0.05, 0.1) is 0 Å². The van der Waals surface area contributed by atoms with Crippen LogP contribution in [-0.4, -0.2) is 82.3 Å². The molecule has 0 aliphatic rings. The number of hydrogen-bond donors (Lipinski definition) is 3. The lowest BCUT2D eigenvalue weighted by Crippen LogP contribution is -2.42. The van der Waals surface area contributed by atoms with E-state index in [1.54, 1.807) is 0 Å². The molecule has 0 rings (SSSR count). The Bertz CT molecular complexity index is 1260. The quantitative estimate of drug-likeness (QED) is 0.0312. The molecule has 0 spiro atoms. The summed E-state index contributed by atoms with van der Waals surface area (Å²) >= 11 is 6.44. The molecule has 12 heteroatoms. The smallest absolute Gasteiger partial charge is 0.223 e. The Labute approximate surface area is 541 Å². The lowest BCUT2D eigenvalue weighted by molar-refractivity contribution is -0.573. The second-order valence-electron chi connectivity index (χ2n) is 25.8. The molecule has 0 aliphatic heterocycles. The molecular formula is C73H144N4O5S3. The van der Waals surface area contributed by atoms with Crippen molar-refractivity contribution in [3.8, 4) is 0 Å². The third-order valence-corrected chi connectivity index (χ3v) is 21.1. The van der Waals surface area contributed by atoms with Crippen LogP contribution in [0.1, 0.15) is 387 Å². The van der Waals surface area contributed by atoms with E-state index in [4.69, 9.17) is 0 Å². The van der Waals surface area contributed by atoms with Gasteiger partial charge in [0.25, 0.3) is 0 Å². The SMILES string of the molecule is CCCCCCCCCCSCCCCCCCCCCCNC(=O)CCC(CCC(=O)NCCCCCCCCCCCSCCCCCCCCCC)(CCC(=O)NCCCCCCCCCCCSCCCCCCCCCC)[N+](=O)[O-]. The normalized spacial score (nSPS) is 11.7. The second-order valence-corrected chi connectivity index (χ2v) is 29.5. The van der Waals surface area contributed by atoms with Crippen LogP contribution in [0.25, 0.3) is 0 Å². The van der Waals surface area contributed by atoms with Crippen LogP contribution >= 0.6 is 35.3 Å². The Hall–Kier alpha value is -1.14. The Balaban J connectivity index is 4.54. The van der Waals surface area contributed by atoms with Gasteiger partial charge >= 0.3 is 0 Å². The van der Waals surface area contributed by atoms with Crippen LogP contribution in [0.3, 0.4) is 0 Å². The average Bonchev–Trinajstić information content (AvgIpc) is 3.51. The van der Waals surface area contributed by atoms with Crippen LogP contribution in [0.2, 0.25) is 0 Å². The van der Waals surface area contributed by atoms with Crippen molar-refractivity contribution in [2.45, 2.75) is 392 Å². The van der Waals surface area contributed by atoms with Gasteiger partial charge in [-0.25, -0.2) is 0 Å².